The molecule has 1 amide bonds. The molecule has 0 spiro atoms. The first-order valence-electron chi connectivity index (χ1n) is 9.08. The molecule has 0 atom stereocenters. The van der Waals surface area contributed by atoms with Crippen molar-refractivity contribution >= 4 is 6.09 Å². The second-order valence-corrected chi connectivity index (χ2v) is 6.64. The lowest BCUT2D eigenvalue weighted by atomic mass is 10.1. The normalized spacial score (nSPS) is 15.4. The van der Waals surface area contributed by atoms with E-state index in [0.29, 0.717) is 19.7 Å². The standard InChI is InChI=1S/C19H26N4O2/c1-3-4-13-25-19(24)22-11-9-17(10-12-22)23-14-18(20-21-23)16-7-5-15(2)6-8-16/h5-8,14,17H,3-4,9-13H2,1-2H3. The molecule has 6 nitrogen and oxygen atoms in total. The van der Waals surface area contributed by atoms with Crippen molar-refractivity contribution in [3.05, 3.63) is 36.0 Å². The van der Waals surface area contributed by atoms with E-state index >= 15 is 0 Å². The highest BCUT2D eigenvalue weighted by molar-refractivity contribution is 5.67. The number of nitrogens with zero attached hydrogens (tertiary/aromatic N) is 4. The van der Waals surface area contributed by atoms with Crippen LogP contribution in [-0.2, 0) is 4.74 Å². The predicted molar refractivity (Wildman–Crippen MR) is 96.3 cm³/mol. The fourth-order valence-electron chi connectivity index (χ4n) is 3.02. The average molecular weight is 342 g/mol. The molecular formula is C19H26N4O2. The van der Waals surface area contributed by atoms with Crippen LogP contribution in [-0.4, -0.2) is 45.7 Å². The molecule has 6 heteroatoms. The number of aryl methyl sites for hydroxylation is 1. The fraction of sp³-hybridized carbons (Fsp3) is 0.526. The van der Waals surface area contributed by atoms with Crippen LogP contribution in [0.25, 0.3) is 11.3 Å². The smallest absolute Gasteiger partial charge is 0.409 e. The van der Waals surface area contributed by atoms with Crippen LogP contribution >= 0.6 is 0 Å². The van der Waals surface area contributed by atoms with Gasteiger partial charge in [0.05, 0.1) is 18.8 Å². The first kappa shape index (κ1) is 17.5. The molecule has 3 rings (SSSR count). The molecule has 0 unspecified atom stereocenters. The summed E-state index contributed by atoms with van der Waals surface area (Å²) in [6, 6.07) is 8.58. The number of unbranched alkanes of at least 4 members (excludes halogenated alkanes) is 1. The summed E-state index contributed by atoms with van der Waals surface area (Å²) < 4.78 is 7.23. The van der Waals surface area contributed by atoms with Gasteiger partial charge in [-0.1, -0.05) is 48.4 Å². The van der Waals surface area contributed by atoms with Crippen molar-refractivity contribution in [1.29, 1.82) is 0 Å². The third kappa shape index (κ3) is 4.38. The number of piperidine rings is 1. The number of amides is 1. The SMILES string of the molecule is CCCCOC(=O)N1CCC(n2cc(-c3ccc(C)cc3)nn2)CC1. The topological polar surface area (TPSA) is 60.2 Å². The van der Waals surface area contributed by atoms with Gasteiger partial charge in [0.25, 0.3) is 0 Å². The summed E-state index contributed by atoms with van der Waals surface area (Å²) in [6.45, 7) is 6.08. The summed E-state index contributed by atoms with van der Waals surface area (Å²) in [6.07, 6.45) is 5.52. The van der Waals surface area contributed by atoms with E-state index in [1.54, 1.807) is 4.90 Å². The minimum absolute atomic E-state index is 0.189. The van der Waals surface area contributed by atoms with E-state index in [4.69, 9.17) is 4.74 Å². The fourth-order valence-corrected chi connectivity index (χ4v) is 3.02. The van der Waals surface area contributed by atoms with E-state index in [-0.39, 0.29) is 12.1 Å². The molecule has 2 aromatic rings. The van der Waals surface area contributed by atoms with Crippen molar-refractivity contribution in [3.63, 3.8) is 0 Å². The monoisotopic (exact) mass is 342 g/mol. The van der Waals surface area contributed by atoms with E-state index in [0.717, 1.165) is 36.9 Å². The maximum Gasteiger partial charge on any atom is 0.409 e. The first-order chi connectivity index (χ1) is 12.2. The lowest BCUT2D eigenvalue weighted by molar-refractivity contribution is 0.0863. The Balaban J connectivity index is 1.55. The number of hydrogen-bond donors (Lipinski definition) is 0. The Hall–Kier alpha value is -2.37. The summed E-state index contributed by atoms with van der Waals surface area (Å²) in [5, 5.41) is 8.60. The molecule has 1 fully saturated rings. The lowest BCUT2D eigenvalue weighted by Gasteiger charge is -2.31. The third-order valence-electron chi connectivity index (χ3n) is 4.68. The van der Waals surface area contributed by atoms with Crippen molar-refractivity contribution < 1.29 is 9.53 Å². The van der Waals surface area contributed by atoms with Gasteiger partial charge in [-0.15, -0.1) is 5.10 Å². The highest BCUT2D eigenvalue weighted by Gasteiger charge is 2.25. The molecule has 0 radical (unpaired) electrons. The van der Waals surface area contributed by atoms with Gasteiger partial charge in [0, 0.05) is 18.7 Å². The zero-order chi connectivity index (χ0) is 17.6. The van der Waals surface area contributed by atoms with Gasteiger partial charge < -0.3 is 9.64 Å². The maximum absolute atomic E-state index is 12.0. The van der Waals surface area contributed by atoms with Gasteiger partial charge >= 0.3 is 6.09 Å². The van der Waals surface area contributed by atoms with Crippen LogP contribution in [0.15, 0.2) is 30.5 Å². The highest BCUT2D eigenvalue weighted by atomic mass is 16.6. The van der Waals surface area contributed by atoms with Gasteiger partial charge in [-0.3, -0.25) is 0 Å². The van der Waals surface area contributed by atoms with E-state index in [1.807, 2.05) is 10.9 Å². The summed E-state index contributed by atoms with van der Waals surface area (Å²) in [7, 11) is 0. The summed E-state index contributed by atoms with van der Waals surface area (Å²) in [5.74, 6) is 0. The highest BCUT2D eigenvalue weighted by Crippen LogP contribution is 2.24. The Morgan fingerprint density at radius 2 is 1.96 bits per heavy atom. The van der Waals surface area contributed by atoms with Crippen LogP contribution in [0.3, 0.4) is 0 Å². The number of aromatic nitrogens is 3. The Bertz CT molecular complexity index is 688. The van der Waals surface area contributed by atoms with Crippen molar-refractivity contribution in [3.8, 4) is 11.3 Å². The van der Waals surface area contributed by atoms with Crippen molar-refractivity contribution in [2.45, 2.75) is 45.6 Å². The minimum Gasteiger partial charge on any atom is -0.449 e. The van der Waals surface area contributed by atoms with Gasteiger partial charge in [-0.05, 0) is 26.2 Å². The molecular weight excluding hydrogens is 316 g/mol. The number of likely N-dealkylation sites (tertiary alicyclic amines) is 1. The van der Waals surface area contributed by atoms with Gasteiger partial charge in [-0.25, -0.2) is 9.48 Å². The van der Waals surface area contributed by atoms with E-state index in [2.05, 4.69) is 48.4 Å². The molecule has 134 valence electrons. The molecule has 1 saturated heterocycles. The van der Waals surface area contributed by atoms with Gasteiger partial charge in [0.15, 0.2) is 0 Å². The zero-order valence-electron chi connectivity index (χ0n) is 15.0. The molecule has 1 aromatic heterocycles. The molecule has 25 heavy (non-hydrogen) atoms. The third-order valence-corrected chi connectivity index (χ3v) is 4.68. The Morgan fingerprint density at radius 3 is 2.64 bits per heavy atom. The number of hydrogen-bond acceptors (Lipinski definition) is 4. The number of ether oxygens (including phenoxy) is 1. The molecule has 0 bridgehead atoms. The minimum atomic E-state index is -0.189. The van der Waals surface area contributed by atoms with Crippen LogP contribution in [0.2, 0.25) is 0 Å². The molecule has 1 aliphatic heterocycles. The Morgan fingerprint density at radius 1 is 1.24 bits per heavy atom. The van der Waals surface area contributed by atoms with Crippen LogP contribution < -0.4 is 0 Å². The summed E-state index contributed by atoms with van der Waals surface area (Å²) in [5.41, 5.74) is 3.20. The van der Waals surface area contributed by atoms with Crippen LogP contribution in [0.4, 0.5) is 4.79 Å². The molecule has 0 aliphatic carbocycles. The van der Waals surface area contributed by atoms with E-state index in [9.17, 15) is 4.79 Å². The molecule has 2 heterocycles. The molecule has 0 saturated carbocycles. The summed E-state index contributed by atoms with van der Waals surface area (Å²) in [4.78, 5) is 13.8. The van der Waals surface area contributed by atoms with Gasteiger partial charge in [0.2, 0.25) is 0 Å². The number of benzene rings is 1. The maximum atomic E-state index is 12.0. The average Bonchev–Trinajstić information content (AvgIpc) is 3.13. The van der Waals surface area contributed by atoms with Crippen molar-refractivity contribution in [2.24, 2.45) is 0 Å². The van der Waals surface area contributed by atoms with Crippen LogP contribution in [0.1, 0.15) is 44.2 Å². The van der Waals surface area contributed by atoms with Gasteiger partial charge in [-0.2, -0.15) is 0 Å². The number of rotatable bonds is 5. The number of carbonyl (C=O) groups excluding carboxylic acids is 1. The van der Waals surface area contributed by atoms with Crippen molar-refractivity contribution in [1.82, 2.24) is 19.9 Å². The van der Waals surface area contributed by atoms with Crippen LogP contribution in [0.5, 0.6) is 0 Å². The zero-order valence-corrected chi connectivity index (χ0v) is 15.0. The first-order valence-corrected chi connectivity index (χ1v) is 9.08. The summed E-state index contributed by atoms with van der Waals surface area (Å²) >= 11 is 0. The largest absolute Gasteiger partial charge is 0.449 e. The van der Waals surface area contributed by atoms with E-state index < -0.39 is 0 Å². The lowest BCUT2D eigenvalue weighted by Crippen LogP contribution is -2.39. The second kappa shape index (κ2) is 8.14. The van der Waals surface area contributed by atoms with Crippen LogP contribution in [0, 0.1) is 6.92 Å². The van der Waals surface area contributed by atoms with Crippen molar-refractivity contribution in [2.75, 3.05) is 19.7 Å². The predicted octanol–water partition coefficient (Wildman–Crippen LogP) is 3.83. The van der Waals surface area contributed by atoms with E-state index in [1.165, 1.54) is 5.56 Å². The Kier molecular flexibility index (Phi) is 5.68. The Labute approximate surface area is 148 Å². The quantitative estimate of drug-likeness (QED) is 0.775. The molecule has 1 aromatic carbocycles. The molecule has 1 aliphatic rings. The molecule has 0 N–H and O–H groups in total. The second-order valence-electron chi connectivity index (χ2n) is 6.64. The number of carbonyl (C=O) groups is 1. The van der Waals surface area contributed by atoms with Gasteiger partial charge in [0.1, 0.15) is 5.69 Å².